The number of hydrogen-bond donors (Lipinski definition) is 2. The average molecular weight is 356 g/mol. The zero-order valence-corrected chi connectivity index (χ0v) is 17.4. The van der Waals surface area contributed by atoms with Crippen LogP contribution in [-0.4, -0.2) is 21.6 Å². The Kier molecular flexibility index (Phi) is 8.10. The number of fused-ring (bicyclic) bond motifs is 1. The minimum atomic E-state index is 0.767. The first-order valence-electron chi connectivity index (χ1n) is 9.39. The molecule has 0 saturated carbocycles. The molecule has 5 nitrogen and oxygen atoms in total. The number of hydrogen-bond acceptors (Lipinski definition) is 4. The molecule has 3 aromatic rings. The van der Waals surface area contributed by atoms with Crippen molar-refractivity contribution in [3.8, 4) is 0 Å². The normalized spacial score (nSPS) is 9.85. The number of rotatable bonds is 3. The van der Waals surface area contributed by atoms with E-state index in [2.05, 4.69) is 28.4 Å². The lowest BCUT2D eigenvalue weighted by molar-refractivity contribution is 0.842. The zero-order valence-electron chi connectivity index (χ0n) is 17.4. The molecule has 142 valence electrons. The summed E-state index contributed by atoms with van der Waals surface area (Å²) in [5, 5.41) is 7.83. The van der Waals surface area contributed by atoms with E-state index >= 15 is 0 Å². The molecule has 0 unspecified atom stereocenters. The van der Waals surface area contributed by atoms with Crippen LogP contribution < -0.4 is 11.1 Å². The zero-order chi connectivity index (χ0) is 19.9. The maximum absolute atomic E-state index is 6.02. The second-order valence-corrected chi connectivity index (χ2v) is 5.64. The van der Waals surface area contributed by atoms with Gasteiger partial charge < -0.3 is 11.1 Å². The van der Waals surface area contributed by atoms with Gasteiger partial charge in [0.2, 0.25) is 0 Å². The number of aryl methyl sites for hydroxylation is 2. The van der Waals surface area contributed by atoms with E-state index in [4.69, 9.17) is 5.73 Å². The first kappa shape index (κ1) is 21.5. The molecule has 2 aromatic heterocycles. The van der Waals surface area contributed by atoms with Crippen LogP contribution in [0.15, 0.2) is 24.3 Å². The Morgan fingerprint density at radius 3 is 2.35 bits per heavy atom. The number of nitrogens with one attached hydrogen (secondary N) is 1. The summed E-state index contributed by atoms with van der Waals surface area (Å²) >= 11 is 0. The fourth-order valence-electron chi connectivity index (χ4n) is 2.76. The predicted molar refractivity (Wildman–Crippen MR) is 113 cm³/mol. The highest BCUT2D eigenvalue weighted by atomic mass is 15.3. The van der Waals surface area contributed by atoms with E-state index in [-0.39, 0.29) is 0 Å². The first-order valence-corrected chi connectivity index (χ1v) is 9.39. The van der Waals surface area contributed by atoms with Gasteiger partial charge in [-0.2, -0.15) is 5.10 Å². The Balaban J connectivity index is 0.000000791. The molecule has 0 bridgehead atoms. The minimum absolute atomic E-state index is 0.767. The van der Waals surface area contributed by atoms with Crippen LogP contribution >= 0.6 is 0 Å². The molecule has 0 atom stereocenters. The Labute approximate surface area is 157 Å². The molecule has 0 saturated heterocycles. The lowest BCUT2D eigenvalue weighted by Crippen LogP contribution is -2.05. The van der Waals surface area contributed by atoms with E-state index in [1.165, 1.54) is 5.56 Å². The van der Waals surface area contributed by atoms with E-state index in [9.17, 15) is 0 Å². The van der Waals surface area contributed by atoms with Crippen molar-refractivity contribution in [3.63, 3.8) is 0 Å². The molecule has 0 fully saturated rings. The second-order valence-electron chi connectivity index (χ2n) is 5.64. The fourth-order valence-corrected chi connectivity index (χ4v) is 2.76. The lowest BCUT2D eigenvalue weighted by atomic mass is 10.0. The summed E-state index contributed by atoms with van der Waals surface area (Å²) in [5.74, 6) is 0. The Morgan fingerprint density at radius 1 is 1.08 bits per heavy atom. The molecule has 0 amide bonds. The van der Waals surface area contributed by atoms with E-state index < -0.39 is 0 Å². The smallest absolute Gasteiger partial charge is 0.177 e. The summed E-state index contributed by atoms with van der Waals surface area (Å²) in [4.78, 5) is 4.68. The molecular weight excluding hydrogens is 322 g/mol. The molecule has 5 heteroatoms. The highest BCUT2D eigenvalue weighted by Gasteiger charge is 2.15. The summed E-state index contributed by atoms with van der Waals surface area (Å²) in [7, 11) is 1.90. The number of anilines is 2. The standard InChI is InChI=1S/C17H21N5.2C2H6/c1-10-8-15(19-4)17-20-12(3)16(22(17)21-10)9-13-6-5-7-14(18)11(13)2;2*1-2/h5-8,19H,9,18H2,1-4H3;2*1-2H3. The maximum Gasteiger partial charge on any atom is 0.177 e. The van der Waals surface area contributed by atoms with Crippen LogP contribution in [0.1, 0.15) is 55.9 Å². The van der Waals surface area contributed by atoms with E-state index in [1.807, 2.05) is 71.3 Å². The van der Waals surface area contributed by atoms with Crippen LogP contribution in [0.5, 0.6) is 0 Å². The van der Waals surface area contributed by atoms with Gasteiger partial charge in [0.25, 0.3) is 0 Å². The molecule has 1 aromatic carbocycles. The van der Waals surface area contributed by atoms with Gasteiger partial charge >= 0.3 is 0 Å². The van der Waals surface area contributed by atoms with Crippen molar-refractivity contribution in [2.45, 2.75) is 54.9 Å². The molecule has 3 rings (SSSR count). The van der Waals surface area contributed by atoms with Gasteiger partial charge in [0.05, 0.1) is 22.8 Å². The van der Waals surface area contributed by atoms with Gasteiger partial charge in [-0.25, -0.2) is 9.50 Å². The monoisotopic (exact) mass is 355 g/mol. The van der Waals surface area contributed by atoms with Crippen LogP contribution in [0.4, 0.5) is 11.4 Å². The summed E-state index contributed by atoms with van der Waals surface area (Å²) < 4.78 is 1.94. The van der Waals surface area contributed by atoms with Gasteiger partial charge in [-0.1, -0.05) is 39.8 Å². The summed E-state index contributed by atoms with van der Waals surface area (Å²) in [6.07, 6.45) is 0.767. The Morgan fingerprint density at radius 2 is 1.73 bits per heavy atom. The third-order valence-electron chi connectivity index (χ3n) is 4.11. The highest BCUT2D eigenvalue weighted by molar-refractivity contribution is 5.68. The minimum Gasteiger partial charge on any atom is -0.399 e. The molecule has 0 radical (unpaired) electrons. The predicted octanol–water partition coefficient (Wildman–Crippen LogP) is 4.92. The Hall–Kier alpha value is -2.56. The molecule has 3 N–H and O–H groups in total. The van der Waals surface area contributed by atoms with E-state index in [1.54, 1.807) is 0 Å². The van der Waals surface area contributed by atoms with Gasteiger partial charge in [-0.15, -0.1) is 0 Å². The quantitative estimate of drug-likeness (QED) is 0.654. The van der Waals surface area contributed by atoms with Crippen molar-refractivity contribution in [1.29, 1.82) is 0 Å². The molecule has 26 heavy (non-hydrogen) atoms. The van der Waals surface area contributed by atoms with Crippen LogP contribution in [0.3, 0.4) is 0 Å². The SMILES string of the molecule is CC.CC.CNc1cc(C)nn2c(Cc3cccc(N)c3C)c(C)nc12. The number of benzene rings is 1. The van der Waals surface area contributed by atoms with Crippen molar-refractivity contribution >= 4 is 17.0 Å². The maximum atomic E-state index is 6.02. The first-order chi connectivity index (χ1) is 12.5. The highest BCUT2D eigenvalue weighted by Crippen LogP contribution is 2.24. The molecule has 0 aliphatic carbocycles. The van der Waals surface area contributed by atoms with Crippen molar-refractivity contribution in [3.05, 3.63) is 52.5 Å². The summed E-state index contributed by atoms with van der Waals surface area (Å²) in [6.45, 7) is 14.1. The summed E-state index contributed by atoms with van der Waals surface area (Å²) in [6, 6.07) is 8.05. The third kappa shape index (κ3) is 4.34. The van der Waals surface area contributed by atoms with Crippen molar-refractivity contribution in [2.75, 3.05) is 18.1 Å². The topological polar surface area (TPSA) is 68.2 Å². The van der Waals surface area contributed by atoms with Gasteiger partial charge in [-0.3, -0.25) is 0 Å². The van der Waals surface area contributed by atoms with Crippen LogP contribution in [-0.2, 0) is 6.42 Å². The molecular formula is C21H33N5. The Bertz CT molecular complexity index is 849. The molecule has 0 aliphatic heterocycles. The van der Waals surface area contributed by atoms with Crippen LogP contribution in [0.25, 0.3) is 5.65 Å². The van der Waals surface area contributed by atoms with E-state index in [0.29, 0.717) is 0 Å². The van der Waals surface area contributed by atoms with Crippen molar-refractivity contribution in [2.24, 2.45) is 0 Å². The van der Waals surface area contributed by atoms with Crippen LogP contribution in [0.2, 0.25) is 0 Å². The van der Waals surface area contributed by atoms with Crippen molar-refractivity contribution in [1.82, 2.24) is 14.6 Å². The third-order valence-corrected chi connectivity index (χ3v) is 4.11. The fraction of sp³-hybridized carbons (Fsp3) is 0.429. The summed E-state index contributed by atoms with van der Waals surface area (Å²) in [5.41, 5.74) is 14.1. The van der Waals surface area contributed by atoms with E-state index in [0.717, 1.165) is 46.1 Å². The van der Waals surface area contributed by atoms with Gasteiger partial charge in [-0.05, 0) is 44.0 Å². The van der Waals surface area contributed by atoms with Gasteiger partial charge in [0.1, 0.15) is 0 Å². The number of nitrogens with two attached hydrogens (primary N) is 1. The van der Waals surface area contributed by atoms with Crippen LogP contribution in [0, 0.1) is 20.8 Å². The number of nitrogen functional groups attached to an aromatic ring is 1. The van der Waals surface area contributed by atoms with Gasteiger partial charge in [0.15, 0.2) is 5.65 Å². The van der Waals surface area contributed by atoms with Crippen molar-refractivity contribution < 1.29 is 0 Å². The number of nitrogens with zero attached hydrogens (tertiary/aromatic N) is 3. The lowest BCUT2D eigenvalue weighted by Gasteiger charge is -2.10. The second kappa shape index (κ2) is 9.80. The van der Waals surface area contributed by atoms with Gasteiger partial charge in [0, 0.05) is 19.2 Å². The largest absolute Gasteiger partial charge is 0.399 e. The molecule has 0 aliphatic rings. The average Bonchev–Trinajstić information content (AvgIpc) is 2.97. The molecule has 2 heterocycles. The number of imidazole rings is 1. The molecule has 0 spiro atoms. The number of aromatic nitrogens is 3.